The lowest BCUT2D eigenvalue weighted by molar-refractivity contribution is 0.0739. The average molecular weight is 426 g/mol. The molecular formula is C22H24ClN5O2. The second-order valence-electron chi connectivity index (χ2n) is 7.06. The Morgan fingerprint density at radius 1 is 1.03 bits per heavy atom. The molecule has 0 spiro atoms. The molecule has 0 saturated heterocycles. The van der Waals surface area contributed by atoms with Crippen LogP contribution in [-0.4, -0.2) is 57.0 Å². The maximum atomic E-state index is 13.0. The third-order valence-corrected chi connectivity index (χ3v) is 5.01. The second-order valence-corrected chi connectivity index (χ2v) is 7.47. The summed E-state index contributed by atoms with van der Waals surface area (Å²) < 4.78 is 1.57. The average Bonchev–Trinajstić information content (AvgIpc) is 3.13. The summed E-state index contributed by atoms with van der Waals surface area (Å²) in [6.45, 7) is 4.58. The number of nitrogens with zero attached hydrogens (tertiary/aromatic N) is 5. The number of benzene rings is 2. The molecule has 3 rings (SSSR count). The molecule has 0 N–H and O–H groups in total. The van der Waals surface area contributed by atoms with Crippen LogP contribution in [0.25, 0.3) is 5.69 Å². The maximum absolute atomic E-state index is 13.0. The summed E-state index contributed by atoms with van der Waals surface area (Å²) in [5.41, 5.74) is 2.20. The van der Waals surface area contributed by atoms with Crippen LogP contribution in [0.5, 0.6) is 0 Å². The summed E-state index contributed by atoms with van der Waals surface area (Å²) in [4.78, 5) is 32.6. The first-order valence-electron chi connectivity index (χ1n) is 9.60. The van der Waals surface area contributed by atoms with Crippen molar-refractivity contribution in [2.75, 3.05) is 20.6 Å². The molecule has 0 aliphatic heterocycles. The van der Waals surface area contributed by atoms with Crippen LogP contribution in [0.3, 0.4) is 0 Å². The Labute approximate surface area is 180 Å². The molecule has 1 heterocycles. The Hall–Kier alpha value is -3.19. The van der Waals surface area contributed by atoms with Gasteiger partial charge in [0.25, 0.3) is 11.8 Å². The lowest BCUT2D eigenvalue weighted by Gasteiger charge is -2.19. The number of amides is 2. The standard InChI is InChI=1S/C22H24ClN5O2/c1-5-27(14-16-10-12-17(13-11-16)21(29)26(3)4)22(30)20-24-15(2)28(25-20)19-9-7-6-8-18(19)23/h6-13H,5,14H2,1-4H3. The van der Waals surface area contributed by atoms with E-state index in [-0.39, 0.29) is 17.6 Å². The van der Waals surface area contributed by atoms with Crippen molar-refractivity contribution in [2.45, 2.75) is 20.4 Å². The zero-order valence-corrected chi connectivity index (χ0v) is 18.2. The molecule has 7 nitrogen and oxygen atoms in total. The minimum Gasteiger partial charge on any atom is -0.345 e. The lowest BCUT2D eigenvalue weighted by Crippen LogP contribution is -2.31. The molecule has 0 aliphatic carbocycles. The zero-order valence-electron chi connectivity index (χ0n) is 17.5. The molecule has 30 heavy (non-hydrogen) atoms. The van der Waals surface area contributed by atoms with E-state index in [1.807, 2.05) is 37.3 Å². The number of carbonyl (C=O) groups excluding carboxylic acids is 2. The fourth-order valence-corrected chi connectivity index (χ4v) is 3.25. The summed E-state index contributed by atoms with van der Waals surface area (Å²) in [5, 5.41) is 4.92. The predicted molar refractivity (Wildman–Crippen MR) is 116 cm³/mol. The van der Waals surface area contributed by atoms with E-state index < -0.39 is 0 Å². The Bertz CT molecular complexity index is 1060. The van der Waals surface area contributed by atoms with Gasteiger partial charge >= 0.3 is 0 Å². The first-order valence-corrected chi connectivity index (χ1v) is 9.98. The van der Waals surface area contributed by atoms with E-state index in [1.54, 1.807) is 48.8 Å². The topological polar surface area (TPSA) is 71.3 Å². The maximum Gasteiger partial charge on any atom is 0.293 e. The van der Waals surface area contributed by atoms with Crippen LogP contribution in [0.15, 0.2) is 48.5 Å². The van der Waals surface area contributed by atoms with Crippen molar-refractivity contribution in [3.63, 3.8) is 0 Å². The number of para-hydroxylation sites is 1. The summed E-state index contributed by atoms with van der Waals surface area (Å²) in [7, 11) is 3.43. The van der Waals surface area contributed by atoms with E-state index in [1.165, 1.54) is 4.90 Å². The number of aryl methyl sites for hydroxylation is 1. The molecule has 0 aliphatic rings. The normalized spacial score (nSPS) is 10.7. The van der Waals surface area contributed by atoms with E-state index >= 15 is 0 Å². The third-order valence-electron chi connectivity index (χ3n) is 4.69. The molecule has 0 unspecified atom stereocenters. The van der Waals surface area contributed by atoms with Crippen molar-refractivity contribution in [1.29, 1.82) is 0 Å². The SMILES string of the molecule is CCN(Cc1ccc(C(=O)N(C)C)cc1)C(=O)c1nc(C)n(-c2ccccc2Cl)n1. The van der Waals surface area contributed by atoms with Crippen LogP contribution in [0.2, 0.25) is 5.02 Å². The van der Waals surface area contributed by atoms with Gasteiger partial charge in [0.1, 0.15) is 5.82 Å². The molecule has 156 valence electrons. The van der Waals surface area contributed by atoms with E-state index in [2.05, 4.69) is 10.1 Å². The molecule has 0 radical (unpaired) electrons. The molecule has 8 heteroatoms. The van der Waals surface area contributed by atoms with E-state index in [9.17, 15) is 9.59 Å². The summed E-state index contributed by atoms with van der Waals surface area (Å²) in [6.07, 6.45) is 0. The van der Waals surface area contributed by atoms with Gasteiger partial charge in [0.15, 0.2) is 0 Å². The monoisotopic (exact) mass is 425 g/mol. The van der Waals surface area contributed by atoms with Gasteiger partial charge in [-0.15, -0.1) is 5.10 Å². The van der Waals surface area contributed by atoms with E-state index in [0.29, 0.717) is 35.2 Å². The van der Waals surface area contributed by atoms with E-state index in [4.69, 9.17) is 11.6 Å². The van der Waals surface area contributed by atoms with Crippen LogP contribution < -0.4 is 0 Å². The minimum absolute atomic E-state index is 0.0604. The molecule has 0 fully saturated rings. The number of aromatic nitrogens is 3. The van der Waals surface area contributed by atoms with Crippen LogP contribution in [0.1, 0.15) is 39.3 Å². The van der Waals surface area contributed by atoms with Gasteiger partial charge in [-0.2, -0.15) is 0 Å². The molecule has 0 bridgehead atoms. The zero-order chi connectivity index (χ0) is 21.8. The fraction of sp³-hybridized carbons (Fsp3) is 0.273. The van der Waals surface area contributed by atoms with Crippen molar-refractivity contribution < 1.29 is 9.59 Å². The summed E-state index contributed by atoms with van der Waals surface area (Å²) in [5.74, 6) is 0.373. The largest absolute Gasteiger partial charge is 0.345 e. The summed E-state index contributed by atoms with van der Waals surface area (Å²) in [6, 6.07) is 14.5. The van der Waals surface area contributed by atoms with Gasteiger partial charge in [-0.3, -0.25) is 9.59 Å². The Kier molecular flexibility index (Phi) is 6.52. The third kappa shape index (κ3) is 4.52. The highest BCUT2D eigenvalue weighted by Gasteiger charge is 2.21. The van der Waals surface area contributed by atoms with Gasteiger partial charge in [-0.25, -0.2) is 9.67 Å². The predicted octanol–water partition coefficient (Wildman–Crippen LogP) is 3.59. The van der Waals surface area contributed by atoms with Crippen LogP contribution in [-0.2, 0) is 6.54 Å². The van der Waals surface area contributed by atoms with Gasteiger partial charge in [0.2, 0.25) is 5.82 Å². The molecule has 2 amide bonds. The number of hydrogen-bond acceptors (Lipinski definition) is 4. The van der Waals surface area contributed by atoms with Gasteiger partial charge in [-0.1, -0.05) is 35.9 Å². The molecule has 1 aromatic heterocycles. The number of carbonyl (C=O) groups is 2. The van der Waals surface area contributed by atoms with Gasteiger partial charge in [-0.05, 0) is 43.7 Å². The number of hydrogen-bond donors (Lipinski definition) is 0. The summed E-state index contributed by atoms with van der Waals surface area (Å²) >= 11 is 6.26. The van der Waals surface area contributed by atoms with Gasteiger partial charge in [0.05, 0.1) is 10.7 Å². The molecule has 0 atom stereocenters. The van der Waals surface area contributed by atoms with Crippen molar-refractivity contribution in [2.24, 2.45) is 0 Å². The highest BCUT2D eigenvalue weighted by atomic mass is 35.5. The first kappa shape index (κ1) is 21.5. The van der Waals surface area contributed by atoms with Crippen LogP contribution in [0.4, 0.5) is 0 Å². The van der Waals surface area contributed by atoms with Crippen molar-refractivity contribution in [1.82, 2.24) is 24.6 Å². The van der Waals surface area contributed by atoms with Crippen molar-refractivity contribution in [3.8, 4) is 5.69 Å². The van der Waals surface area contributed by atoms with Crippen LogP contribution >= 0.6 is 11.6 Å². The number of halogens is 1. The van der Waals surface area contributed by atoms with Crippen molar-refractivity contribution >= 4 is 23.4 Å². The lowest BCUT2D eigenvalue weighted by atomic mass is 10.1. The van der Waals surface area contributed by atoms with Crippen LogP contribution in [0, 0.1) is 6.92 Å². The smallest absolute Gasteiger partial charge is 0.293 e. The van der Waals surface area contributed by atoms with Gasteiger partial charge in [0, 0.05) is 32.7 Å². The molecular weight excluding hydrogens is 402 g/mol. The molecule has 0 saturated carbocycles. The highest BCUT2D eigenvalue weighted by Crippen LogP contribution is 2.20. The highest BCUT2D eigenvalue weighted by molar-refractivity contribution is 6.32. The van der Waals surface area contributed by atoms with E-state index in [0.717, 1.165) is 5.56 Å². The quantitative estimate of drug-likeness (QED) is 0.605. The number of rotatable bonds is 6. The Morgan fingerprint density at radius 2 is 1.70 bits per heavy atom. The second kappa shape index (κ2) is 9.09. The minimum atomic E-state index is -0.264. The van der Waals surface area contributed by atoms with Gasteiger partial charge < -0.3 is 9.80 Å². The first-order chi connectivity index (χ1) is 14.3. The molecule has 2 aromatic carbocycles. The fourth-order valence-electron chi connectivity index (χ4n) is 3.03. The van der Waals surface area contributed by atoms with Crippen molar-refractivity contribution in [3.05, 3.63) is 76.3 Å². The Balaban J connectivity index is 1.79. The molecule has 3 aromatic rings. The Morgan fingerprint density at radius 3 is 2.30 bits per heavy atom.